The number of halogens is 3. The minimum Gasteiger partial charge on any atom is -0.444 e. The van der Waals surface area contributed by atoms with Gasteiger partial charge in [0.25, 0.3) is 0 Å². The van der Waals surface area contributed by atoms with Crippen LogP contribution in [0.3, 0.4) is 0 Å². The quantitative estimate of drug-likeness (QED) is 0.708. The first-order valence-corrected chi connectivity index (χ1v) is 9.13. The predicted octanol–water partition coefficient (Wildman–Crippen LogP) is 3.70. The van der Waals surface area contributed by atoms with E-state index in [9.17, 15) is 22.8 Å². The third-order valence-corrected chi connectivity index (χ3v) is 4.79. The number of nitrogens with zero attached hydrogens (tertiary/aromatic N) is 2. The molecule has 0 N–H and O–H groups in total. The van der Waals surface area contributed by atoms with Gasteiger partial charge in [0.05, 0.1) is 25.3 Å². The molecule has 154 valence electrons. The van der Waals surface area contributed by atoms with Crippen LogP contribution in [0.4, 0.5) is 18.0 Å². The number of aromatic nitrogens is 1. The molecule has 1 amide bonds. The lowest BCUT2D eigenvalue weighted by Gasteiger charge is -2.47. The van der Waals surface area contributed by atoms with Gasteiger partial charge in [-0.25, -0.2) is 9.78 Å². The Hall–Kier alpha value is -2.16. The van der Waals surface area contributed by atoms with Gasteiger partial charge < -0.3 is 9.47 Å². The molecule has 3 heterocycles. The molecule has 1 aromatic heterocycles. The van der Waals surface area contributed by atoms with Crippen molar-refractivity contribution in [3.8, 4) is 0 Å². The van der Waals surface area contributed by atoms with E-state index in [1.54, 1.807) is 25.7 Å². The molecule has 9 heteroatoms. The second-order valence-electron chi connectivity index (χ2n) is 8.17. The summed E-state index contributed by atoms with van der Waals surface area (Å²) in [6.07, 6.45) is -4.48. The normalized spacial score (nSPS) is 25.4. The Balaban J connectivity index is 1.77. The summed E-state index contributed by atoms with van der Waals surface area (Å²) in [6.45, 7) is 5.83. The minimum absolute atomic E-state index is 0.204. The van der Waals surface area contributed by atoms with Crippen molar-refractivity contribution in [3.05, 3.63) is 29.6 Å². The van der Waals surface area contributed by atoms with Crippen LogP contribution in [0.15, 0.2) is 18.2 Å². The van der Waals surface area contributed by atoms with Crippen LogP contribution in [0.1, 0.15) is 49.8 Å². The molecule has 0 radical (unpaired) electrons. The molecule has 2 bridgehead atoms. The van der Waals surface area contributed by atoms with Crippen molar-refractivity contribution in [2.24, 2.45) is 5.92 Å². The van der Waals surface area contributed by atoms with E-state index in [-0.39, 0.29) is 31.0 Å². The number of carbonyl (C=O) groups is 2. The Morgan fingerprint density at radius 2 is 1.75 bits per heavy atom. The first kappa shape index (κ1) is 20.6. The van der Waals surface area contributed by atoms with Crippen LogP contribution in [-0.4, -0.2) is 52.7 Å². The van der Waals surface area contributed by atoms with Gasteiger partial charge in [0.2, 0.25) is 0 Å². The number of hydrogen-bond acceptors (Lipinski definition) is 5. The number of Topliss-reactive ketones (excluding diaryl/α,β-unsaturated/α-hetero) is 1. The first-order valence-electron chi connectivity index (χ1n) is 9.13. The van der Waals surface area contributed by atoms with Gasteiger partial charge in [0, 0.05) is 5.92 Å². The minimum atomic E-state index is -4.61. The van der Waals surface area contributed by atoms with Crippen LogP contribution < -0.4 is 0 Å². The van der Waals surface area contributed by atoms with Gasteiger partial charge in [-0.1, -0.05) is 6.07 Å². The van der Waals surface area contributed by atoms with E-state index in [1.165, 1.54) is 12.1 Å². The van der Waals surface area contributed by atoms with Crippen LogP contribution in [-0.2, 0) is 15.7 Å². The maximum absolute atomic E-state index is 12.9. The van der Waals surface area contributed by atoms with Crippen molar-refractivity contribution in [3.63, 3.8) is 0 Å². The summed E-state index contributed by atoms with van der Waals surface area (Å²) >= 11 is 0. The SMILES string of the molecule is CC(C)(C)OC(=O)N1C2COCC1CC(C(=O)c1cccc(C(F)(F)F)n1)C2. The lowest BCUT2D eigenvalue weighted by atomic mass is 9.81. The highest BCUT2D eigenvalue weighted by Crippen LogP contribution is 2.35. The highest BCUT2D eigenvalue weighted by atomic mass is 19.4. The number of pyridine rings is 1. The molecule has 1 aromatic rings. The number of hydrogen-bond donors (Lipinski definition) is 0. The molecule has 2 fully saturated rings. The fourth-order valence-corrected chi connectivity index (χ4v) is 3.68. The van der Waals surface area contributed by atoms with E-state index < -0.39 is 35.3 Å². The van der Waals surface area contributed by atoms with Crippen molar-refractivity contribution in [1.29, 1.82) is 0 Å². The molecule has 2 unspecified atom stereocenters. The van der Waals surface area contributed by atoms with E-state index in [2.05, 4.69) is 4.98 Å². The molecular weight excluding hydrogens is 377 g/mol. The van der Waals surface area contributed by atoms with Crippen molar-refractivity contribution in [2.75, 3.05) is 13.2 Å². The van der Waals surface area contributed by atoms with E-state index in [4.69, 9.17) is 9.47 Å². The zero-order valence-corrected chi connectivity index (χ0v) is 16.0. The number of fused-ring (bicyclic) bond motifs is 2. The highest BCUT2D eigenvalue weighted by Gasteiger charge is 2.45. The third kappa shape index (κ3) is 4.45. The molecule has 0 aliphatic carbocycles. The number of piperidine rings is 1. The molecule has 3 rings (SSSR count). The maximum atomic E-state index is 12.9. The summed E-state index contributed by atoms with van der Waals surface area (Å²) in [5.41, 5.74) is -1.95. The van der Waals surface area contributed by atoms with Crippen LogP contribution in [0.2, 0.25) is 0 Å². The van der Waals surface area contributed by atoms with Gasteiger partial charge in [-0.2, -0.15) is 13.2 Å². The summed E-state index contributed by atoms with van der Waals surface area (Å²) in [5, 5.41) is 0. The third-order valence-electron chi connectivity index (χ3n) is 4.79. The summed E-state index contributed by atoms with van der Waals surface area (Å²) in [6, 6.07) is 2.60. The number of ketones is 1. The number of rotatable bonds is 2. The standard InChI is InChI=1S/C19H23F3N2O4/c1-18(2,3)28-17(26)24-12-7-11(8-13(24)10-27-9-12)16(25)14-5-4-6-15(23-14)19(20,21)22/h4-6,11-13H,7-10H2,1-3H3. The largest absolute Gasteiger partial charge is 0.444 e. The predicted molar refractivity (Wildman–Crippen MR) is 92.8 cm³/mol. The van der Waals surface area contributed by atoms with Gasteiger partial charge in [-0.15, -0.1) is 0 Å². The van der Waals surface area contributed by atoms with E-state index in [0.717, 1.165) is 6.07 Å². The topological polar surface area (TPSA) is 68.7 Å². The number of amides is 1. The summed E-state index contributed by atoms with van der Waals surface area (Å²) in [7, 11) is 0. The smallest absolute Gasteiger partial charge is 0.433 e. The molecule has 2 aliphatic rings. The average Bonchev–Trinajstić information content (AvgIpc) is 2.57. The maximum Gasteiger partial charge on any atom is 0.433 e. The lowest BCUT2D eigenvalue weighted by Crippen LogP contribution is -2.60. The molecule has 2 saturated heterocycles. The van der Waals surface area contributed by atoms with E-state index in [0.29, 0.717) is 12.8 Å². The number of carbonyl (C=O) groups excluding carboxylic acids is 2. The van der Waals surface area contributed by atoms with Crippen molar-refractivity contribution < 1.29 is 32.2 Å². The molecule has 0 spiro atoms. The first-order chi connectivity index (χ1) is 13.0. The Labute approximate surface area is 161 Å². The Morgan fingerprint density at radius 1 is 1.14 bits per heavy atom. The van der Waals surface area contributed by atoms with Crippen molar-refractivity contribution in [1.82, 2.24) is 9.88 Å². The fourth-order valence-electron chi connectivity index (χ4n) is 3.68. The zero-order valence-electron chi connectivity index (χ0n) is 16.0. The molecule has 2 aliphatic heterocycles. The second kappa shape index (κ2) is 7.35. The Bertz CT molecular complexity index is 746. The number of alkyl halides is 3. The molecular formula is C19H23F3N2O4. The Morgan fingerprint density at radius 3 is 2.29 bits per heavy atom. The van der Waals surface area contributed by atoms with Gasteiger partial charge in [0.1, 0.15) is 17.0 Å². The molecule has 0 saturated carbocycles. The van der Waals surface area contributed by atoms with E-state index in [1.807, 2.05) is 0 Å². The van der Waals surface area contributed by atoms with Crippen molar-refractivity contribution >= 4 is 11.9 Å². The van der Waals surface area contributed by atoms with Crippen LogP contribution in [0.5, 0.6) is 0 Å². The van der Waals surface area contributed by atoms with Gasteiger partial charge in [0.15, 0.2) is 5.78 Å². The van der Waals surface area contributed by atoms with E-state index >= 15 is 0 Å². The Kier molecular flexibility index (Phi) is 5.40. The summed E-state index contributed by atoms with van der Waals surface area (Å²) < 4.78 is 49.6. The number of morpholine rings is 1. The lowest BCUT2D eigenvalue weighted by molar-refractivity contribution is -0.141. The summed E-state index contributed by atoms with van der Waals surface area (Å²) in [4.78, 5) is 30.5. The number of ether oxygens (including phenoxy) is 2. The monoisotopic (exact) mass is 400 g/mol. The molecule has 0 aromatic carbocycles. The van der Waals surface area contributed by atoms with Crippen LogP contribution in [0, 0.1) is 5.92 Å². The van der Waals surface area contributed by atoms with Crippen molar-refractivity contribution in [2.45, 2.75) is 57.5 Å². The molecule has 6 nitrogen and oxygen atoms in total. The zero-order chi connectivity index (χ0) is 20.7. The summed E-state index contributed by atoms with van der Waals surface area (Å²) in [5.74, 6) is -0.958. The molecule has 28 heavy (non-hydrogen) atoms. The fraction of sp³-hybridized carbons (Fsp3) is 0.632. The van der Waals surface area contributed by atoms with Gasteiger partial charge in [-0.3, -0.25) is 9.69 Å². The highest BCUT2D eigenvalue weighted by molar-refractivity contribution is 5.96. The van der Waals surface area contributed by atoms with Crippen LogP contribution >= 0.6 is 0 Å². The molecule has 2 atom stereocenters. The van der Waals surface area contributed by atoms with Gasteiger partial charge in [-0.05, 0) is 45.7 Å². The average molecular weight is 400 g/mol. The second-order valence-corrected chi connectivity index (χ2v) is 8.17. The van der Waals surface area contributed by atoms with Gasteiger partial charge >= 0.3 is 12.3 Å². The van der Waals surface area contributed by atoms with Crippen LogP contribution in [0.25, 0.3) is 0 Å².